The third-order valence-corrected chi connectivity index (χ3v) is 5.23. The third kappa shape index (κ3) is 1.99. The predicted octanol–water partition coefficient (Wildman–Crippen LogP) is -0.0801. The zero-order chi connectivity index (χ0) is 15.4. The third-order valence-electron chi connectivity index (χ3n) is 3.66. The Bertz CT molecular complexity index is 614. The number of carbonyl (C=O) groups is 3. The van der Waals surface area contributed by atoms with E-state index < -0.39 is 28.7 Å². The summed E-state index contributed by atoms with van der Waals surface area (Å²) in [6.45, 7) is 3.56. The summed E-state index contributed by atoms with van der Waals surface area (Å²) in [7, 11) is 0. The summed E-state index contributed by atoms with van der Waals surface area (Å²) in [5.41, 5.74) is 0.221. The van der Waals surface area contributed by atoms with Gasteiger partial charge in [-0.15, -0.1) is 11.8 Å². The molecular formula is C12H13N3O5S. The van der Waals surface area contributed by atoms with Gasteiger partial charge in [0.2, 0.25) is 5.91 Å². The first-order chi connectivity index (χ1) is 9.83. The zero-order valence-corrected chi connectivity index (χ0v) is 12.1. The van der Waals surface area contributed by atoms with Crippen LogP contribution in [0, 0.1) is 0 Å². The minimum atomic E-state index is -1.04. The normalized spacial score (nSPS) is 29.7. The maximum Gasteiger partial charge on any atom is 0.327 e. The molecule has 3 heterocycles. The largest absolute Gasteiger partial charge is 0.480 e. The van der Waals surface area contributed by atoms with Crippen molar-refractivity contribution in [1.29, 1.82) is 0 Å². The van der Waals surface area contributed by atoms with Crippen molar-refractivity contribution in [3.05, 3.63) is 18.0 Å². The Morgan fingerprint density at radius 1 is 1.52 bits per heavy atom. The zero-order valence-electron chi connectivity index (χ0n) is 11.3. The Morgan fingerprint density at radius 2 is 2.24 bits per heavy atom. The van der Waals surface area contributed by atoms with E-state index in [0.717, 1.165) is 0 Å². The van der Waals surface area contributed by atoms with Gasteiger partial charge in [0.05, 0.1) is 11.8 Å². The van der Waals surface area contributed by atoms with Crippen LogP contribution in [0.15, 0.2) is 17.0 Å². The number of aliphatic carboxylic acids is 1. The fourth-order valence-electron chi connectivity index (χ4n) is 2.69. The van der Waals surface area contributed by atoms with Gasteiger partial charge in [0.15, 0.2) is 0 Å². The molecule has 0 radical (unpaired) electrons. The molecule has 2 saturated heterocycles. The quantitative estimate of drug-likeness (QED) is 0.751. The minimum Gasteiger partial charge on any atom is -0.480 e. The second-order valence-electron chi connectivity index (χ2n) is 5.46. The highest BCUT2D eigenvalue weighted by Gasteiger charge is 2.64. The van der Waals surface area contributed by atoms with Gasteiger partial charge in [0.1, 0.15) is 23.7 Å². The van der Waals surface area contributed by atoms with Crippen LogP contribution in [0.1, 0.15) is 24.2 Å². The van der Waals surface area contributed by atoms with Gasteiger partial charge in [0.25, 0.3) is 5.91 Å². The smallest absolute Gasteiger partial charge is 0.327 e. The Balaban J connectivity index is 1.76. The average molecular weight is 311 g/mol. The van der Waals surface area contributed by atoms with E-state index >= 15 is 0 Å². The molecule has 0 aromatic carbocycles. The number of hydrogen-bond acceptors (Lipinski definition) is 6. The molecule has 2 fully saturated rings. The molecule has 9 heteroatoms. The summed E-state index contributed by atoms with van der Waals surface area (Å²) in [5, 5.41) is 14.9. The lowest BCUT2D eigenvalue weighted by atomic mass is 9.96. The van der Waals surface area contributed by atoms with Crippen LogP contribution < -0.4 is 5.32 Å². The first-order valence-corrected chi connectivity index (χ1v) is 7.14. The summed E-state index contributed by atoms with van der Waals surface area (Å²) < 4.78 is 3.97. The van der Waals surface area contributed by atoms with Gasteiger partial charge >= 0.3 is 5.97 Å². The van der Waals surface area contributed by atoms with Crippen LogP contribution in [0.25, 0.3) is 0 Å². The number of carbonyl (C=O) groups excluding carboxylic acids is 2. The molecule has 0 aliphatic carbocycles. The van der Waals surface area contributed by atoms with E-state index in [0.29, 0.717) is 0 Å². The molecule has 8 nitrogen and oxygen atoms in total. The molecule has 0 bridgehead atoms. The highest BCUT2D eigenvalue weighted by molar-refractivity contribution is 8.01. The van der Waals surface area contributed by atoms with Gasteiger partial charge in [-0.25, -0.2) is 4.79 Å². The Kier molecular flexibility index (Phi) is 2.97. The van der Waals surface area contributed by atoms with Crippen molar-refractivity contribution in [1.82, 2.24) is 15.4 Å². The number of hydrogen-bond donors (Lipinski definition) is 2. The predicted molar refractivity (Wildman–Crippen MR) is 71.5 cm³/mol. The number of aromatic nitrogens is 1. The monoisotopic (exact) mass is 311 g/mol. The first-order valence-electron chi connectivity index (χ1n) is 6.26. The Labute approximate surface area is 123 Å². The summed E-state index contributed by atoms with van der Waals surface area (Å²) in [5.74, 6) is -1.88. The van der Waals surface area contributed by atoms with Gasteiger partial charge in [0, 0.05) is 4.75 Å². The molecule has 2 aliphatic rings. The summed E-state index contributed by atoms with van der Waals surface area (Å²) in [6.07, 6.45) is 2.43. The van der Waals surface area contributed by atoms with Crippen LogP contribution >= 0.6 is 11.8 Å². The lowest BCUT2D eigenvalue weighted by Gasteiger charge is -2.43. The molecular weight excluding hydrogens is 298 g/mol. The number of carboxylic acid groups (broad SMARTS) is 1. The van der Waals surface area contributed by atoms with E-state index in [1.165, 1.54) is 29.1 Å². The summed E-state index contributed by atoms with van der Waals surface area (Å²) in [4.78, 5) is 36.7. The highest BCUT2D eigenvalue weighted by Crippen LogP contribution is 2.50. The molecule has 0 unspecified atom stereocenters. The molecule has 2 N–H and O–H groups in total. The van der Waals surface area contributed by atoms with Crippen LogP contribution in [-0.4, -0.2) is 55.2 Å². The molecule has 0 saturated carbocycles. The molecule has 112 valence electrons. The van der Waals surface area contributed by atoms with E-state index in [2.05, 4.69) is 15.0 Å². The highest BCUT2D eigenvalue weighted by atomic mass is 32.2. The number of carboxylic acids is 1. The molecule has 2 amide bonds. The van der Waals surface area contributed by atoms with Crippen LogP contribution in [0.2, 0.25) is 0 Å². The molecule has 2 aliphatic heterocycles. The lowest BCUT2D eigenvalue weighted by Crippen LogP contribution is -2.70. The number of thioether (sulfide) groups is 1. The number of fused-ring (bicyclic) bond motifs is 1. The molecule has 3 atom stereocenters. The summed E-state index contributed by atoms with van der Waals surface area (Å²) >= 11 is 1.38. The summed E-state index contributed by atoms with van der Waals surface area (Å²) in [6, 6.07) is -1.61. The van der Waals surface area contributed by atoms with E-state index in [1.54, 1.807) is 13.8 Å². The first kappa shape index (κ1) is 13.9. The van der Waals surface area contributed by atoms with Gasteiger partial charge in [-0.1, -0.05) is 5.16 Å². The van der Waals surface area contributed by atoms with Crippen LogP contribution in [0.3, 0.4) is 0 Å². The standard InChI is InChI=1S/C12H13N3O5S/c1-12(2)7(11(18)19)15-9(17)6(10(15)21-12)14-8(16)5-3-13-20-4-5/h3-4,6-7,10H,1-2H3,(H,14,16)(H,18,19)/t6-,7+,10-/m1/s1. The van der Waals surface area contributed by atoms with Crippen LogP contribution in [-0.2, 0) is 9.59 Å². The number of amides is 2. The van der Waals surface area contributed by atoms with E-state index in [9.17, 15) is 19.5 Å². The second-order valence-corrected chi connectivity index (χ2v) is 7.23. The van der Waals surface area contributed by atoms with Gasteiger partial charge < -0.3 is 19.8 Å². The number of rotatable bonds is 3. The number of nitrogens with one attached hydrogen (secondary N) is 1. The maximum absolute atomic E-state index is 12.1. The van der Waals surface area contributed by atoms with Gasteiger partial charge in [-0.2, -0.15) is 0 Å². The molecule has 21 heavy (non-hydrogen) atoms. The van der Waals surface area contributed by atoms with Gasteiger partial charge in [-0.3, -0.25) is 9.59 Å². The van der Waals surface area contributed by atoms with Crippen LogP contribution in [0.5, 0.6) is 0 Å². The molecule has 3 rings (SSSR count). The Hall–Kier alpha value is -2.03. The molecule has 0 spiro atoms. The van der Waals surface area contributed by atoms with Crippen LogP contribution in [0.4, 0.5) is 0 Å². The van der Waals surface area contributed by atoms with Crippen molar-refractivity contribution in [2.75, 3.05) is 0 Å². The van der Waals surface area contributed by atoms with Crippen molar-refractivity contribution in [3.8, 4) is 0 Å². The number of β-lactam (4-membered cyclic amide) rings is 1. The van der Waals surface area contributed by atoms with E-state index in [4.69, 9.17) is 0 Å². The topological polar surface area (TPSA) is 113 Å². The SMILES string of the molecule is CC1(C)S[C@@H]2[C@H](NC(=O)c3cnoc3)C(=O)N2[C@H]1C(=O)O. The van der Waals surface area contributed by atoms with Gasteiger partial charge in [-0.05, 0) is 13.8 Å². The van der Waals surface area contributed by atoms with Crippen molar-refractivity contribution in [3.63, 3.8) is 0 Å². The fraction of sp³-hybridized carbons (Fsp3) is 0.500. The van der Waals surface area contributed by atoms with Crippen molar-refractivity contribution in [2.45, 2.75) is 36.1 Å². The molecule has 1 aromatic heterocycles. The second kappa shape index (κ2) is 4.48. The average Bonchev–Trinajstić information content (AvgIpc) is 3.00. The minimum absolute atomic E-state index is 0.221. The Morgan fingerprint density at radius 3 is 2.81 bits per heavy atom. The maximum atomic E-state index is 12.1. The van der Waals surface area contributed by atoms with Crippen molar-refractivity contribution >= 4 is 29.5 Å². The fourth-order valence-corrected chi connectivity index (χ4v) is 4.31. The lowest BCUT2D eigenvalue weighted by molar-refractivity contribution is -0.159. The van der Waals surface area contributed by atoms with E-state index in [1.807, 2.05) is 0 Å². The van der Waals surface area contributed by atoms with Crippen molar-refractivity contribution < 1.29 is 24.0 Å². The van der Waals surface area contributed by atoms with E-state index in [-0.39, 0.29) is 16.8 Å². The molecule has 1 aromatic rings. The van der Waals surface area contributed by atoms with Crippen molar-refractivity contribution in [2.24, 2.45) is 0 Å². The number of nitrogens with zero attached hydrogens (tertiary/aromatic N) is 2.